The summed E-state index contributed by atoms with van der Waals surface area (Å²) < 4.78 is 0. The Bertz CT molecular complexity index is 691. The molecule has 1 heterocycles. The van der Waals surface area contributed by atoms with Gasteiger partial charge < -0.3 is 10.6 Å². The van der Waals surface area contributed by atoms with E-state index in [4.69, 9.17) is 0 Å². The highest BCUT2D eigenvalue weighted by atomic mass is 16.1. The van der Waals surface area contributed by atoms with Gasteiger partial charge in [0.1, 0.15) is 17.3 Å². The van der Waals surface area contributed by atoms with Crippen LogP contribution in [0.5, 0.6) is 0 Å². The minimum absolute atomic E-state index is 0.214. The topological polar surface area (TPSA) is 66.9 Å². The molecule has 5 nitrogen and oxygen atoms in total. The molecule has 3 rings (SSSR count). The summed E-state index contributed by atoms with van der Waals surface area (Å²) in [6.07, 6.45) is 4.83. The quantitative estimate of drug-likeness (QED) is 0.903. The number of anilines is 2. The lowest BCUT2D eigenvalue weighted by Gasteiger charge is -2.14. The number of nitrogens with one attached hydrogen (secondary N) is 2. The van der Waals surface area contributed by atoms with Crippen LogP contribution in [0.25, 0.3) is 0 Å². The number of nitrogens with zero attached hydrogens (tertiary/aromatic N) is 2. The molecule has 0 unspecified atom stereocenters. The lowest BCUT2D eigenvalue weighted by atomic mass is 10.2. The molecule has 5 heteroatoms. The minimum atomic E-state index is -0.214. The SMILES string of the molecule is Cc1ccc(NC(=O)c2cc(NC3CCCC3)nc(C)n2)cc1. The van der Waals surface area contributed by atoms with Crippen LogP contribution >= 0.6 is 0 Å². The molecular formula is C18H22N4O. The van der Waals surface area contributed by atoms with E-state index in [2.05, 4.69) is 20.6 Å². The first kappa shape index (κ1) is 15.5. The molecule has 1 amide bonds. The van der Waals surface area contributed by atoms with E-state index in [-0.39, 0.29) is 5.91 Å². The maximum absolute atomic E-state index is 12.4. The Hall–Kier alpha value is -2.43. The highest BCUT2D eigenvalue weighted by Crippen LogP contribution is 2.22. The van der Waals surface area contributed by atoms with Crippen LogP contribution in [0.3, 0.4) is 0 Å². The third kappa shape index (κ3) is 4.06. The molecule has 1 aliphatic carbocycles. The van der Waals surface area contributed by atoms with Crippen LogP contribution in [0.1, 0.15) is 47.6 Å². The van der Waals surface area contributed by atoms with Gasteiger partial charge in [0.25, 0.3) is 5.91 Å². The molecule has 120 valence electrons. The maximum atomic E-state index is 12.4. The van der Waals surface area contributed by atoms with E-state index in [1.165, 1.54) is 12.8 Å². The van der Waals surface area contributed by atoms with E-state index in [0.29, 0.717) is 17.6 Å². The molecule has 0 bridgehead atoms. The summed E-state index contributed by atoms with van der Waals surface area (Å²) in [6, 6.07) is 9.89. The molecule has 0 spiro atoms. The molecular weight excluding hydrogens is 288 g/mol. The van der Waals surface area contributed by atoms with Crippen molar-refractivity contribution < 1.29 is 4.79 Å². The summed E-state index contributed by atoms with van der Waals surface area (Å²) in [4.78, 5) is 21.1. The van der Waals surface area contributed by atoms with Crippen molar-refractivity contribution >= 4 is 17.4 Å². The van der Waals surface area contributed by atoms with Gasteiger partial charge in [-0.1, -0.05) is 30.5 Å². The number of hydrogen-bond donors (Lipinski definition) is 2. The number of rotatable bonds is 4. The highest BCUT2D eigenvalue weighted by Gasteiger charge is 2.17. The lowest BCUT2D eigenvalue weighted by molar-refractivity contribution is 0.102. The van der Waals surface area contributed by atoms with Crippen molar-refractivity contribution in [3.63, 3.8) is 0 Å². The molecule has 1 aromatic carbocycles. The molecule has 1 fully saturated rings. The fourth-order valence-electron chi connectivity index (χ4n) is 2.87. The molecule has 0 saturated heterocycles. The Labute approximate surface area is 136 Å². The van der Waals surface area contributed by atoms with E-state index < -0.39 is 0 Å². The van der Waals surface area contributed by atoms with Gasteiger partial charge in [-0.15, -0.1) is 0 Å². The second-order valence-electron chi connectivity index (χ2n) is 6.13. The number of aryl methyl sites for hydroxylation is 2. The van der Waals surface area contributed by atoms with Gasteiger partial charge in [0, 0.05) is 17.8 Å². The summed E-state index contributed by atoms with van der Waals surface area (Å²) in [5.41, 5.74) is 2.31. The first-order valence-electron chi connectivity index (χ1n) is 8.10. The summed E-state index contributed by atoms with van der Waals surface area (Å²) in [6.45, 7) is 3.82. The Balaban J connectivity index is 1.74. The third-order valence-electron chi connectivity index (χ3n) is 4.09. The van der Waals surface area contributed by atoms with Gasteiger partial charge in [0.2, 0.25) is 0 Å². The van der Waals surface area contributed by atoms with Crippen molar-refractivity contribution in [1.29, 1.82) is 0 Å². The first-order valence-corrected chi connectivity index (χ1v) is 8.10. The molecule has 0 radical (unpaired) electrons. The number of carbonyl (C=O) groups excluding carboxylic acids is 1. The van der Waals surface area contributed by atoms with Crippen molar-refractivity contribution in [2.45, 2.75) is 45.6 Å². The van der Waals surface area contributed by atoms with E-state index in [1.54, 1.807) is 6.07 Å². The predicted molar refractivity (Wildman–Crippen MR) is 91.8 cm³/mol. The molecule has 23 heavy (non-hydrogen) atoms. The van der Waals surface area contributed by atoms with E-state index in [0.717, 1.165) is 29.9 Å². The Morgan fingerprint density at radius 2 is 1.78 bits per heavy atom. The summed E-state index contributed by atoms with van der Waals surface area (Å²) in [5.74, 6) is 1.12. The highest BCUT2D eigenvalue weighted by molar-refractivity contribution is 6.03. The average Bonchev–Trinajstić information content (AvgIpc) is 3.02. The predicted octanol–water partition coefficient (Wildman–Crippen LogP) is 3.70. The van der Waals surface area contributed by atoms with Crippen molar-refractivity contribution in [3.05, 3.63) is 47.4 Å². The Morgan fingerprint density at radius 1 is 1.09 bits per heavy atom. The van der Waals surface area contributed by atoms with Crippen LogP contribution in [0.2, 0.25) is 0 Å². The van der Waals surface area contributed by atoms with Crippen LogP contribution in [0.15, 0.2) is 30.3 Å². The Morgan fingerprint density at radius 3 is 2.48 bits per heavy atom. The van der Waals surface area contributed by atoms with Crippen LogP contribution in [-0.4, -0.2) is 21.9 Å². The van der Waals surface area contributed by atoms with Gasteiger partial charge in [-0.2, -0.15) is 0 Å². The zero-order chi connectivity index (χ0) is 16.2. The van der Waals surface area contributed by atoms with Gasteiger partial charge in [-0.3, -0.25) is 4.79 Å². The molecule has 0 atom stereocenters. The van der Waals surface area contributed by atoms with E-state index in [9.17, 15) is 4.79 Å². The van der Waals surface area contributed by atoms with Gasteiger partial charge in [-0.25, -0.2) is 9.97 Å². The van der Waals surface area contributed by atoms with Crippen LogP contribution in [-0.2, 0) is 0 Å². The number of amides is 1. The van der Waals surface area contributed by atoms with Gasteiger partial charge in [-0.05, 0) is 38.8 Å². The summed E-state index contributed by atoms with van der Waals surface area (Å²) >= 11 is 0. The maximum Gasteiger partial charge on any atom is 0.274 e. The van der Waals surface area contributed by atoms with Gasteiger partial charge in [0.05, 0.1) is 0 Å². The molecule has 2 N–H and O–H groups in total. The second-order valence-corrected chi connectivity index (χ2v) is 6.13. The Kier molecular flexibility index (Phi) is 4.55. The van der Waals surface area contributed by atoms with Crippen LogP contribution in [0.4, 0.5) is 11.5 Å². The summed E-state index contributed by atoms with van der Waals surface area (Å²) in [7, 11) is 0. The smallest absolute Gasteiger partial charge is 0.274 e. The monoisotopic (exact) mass is 310 g/mol. The first-order chi connectivity index (χ1) is 11.1. The third-order valence-corrected chi connectivity index (χ3v) is 4.09. The summed E-state index contributed by atoms with van der Waals surface area (Å²) in [5, 5.41) is 6.29. The van der Waals surface area contributed by atoms with E-state index in [1.807, 2.05) is 38.1 Å². The van der Waals surface area contributed by atoms with Gasteiger partial charge >= 0.3 is 0 Å². The van der Waals surface area contributed by atoms with Crippen LogP contribution < -0.4 is 10.6 Å². The molecule has 1 aromatic heterocycles. The number of carbonyl (C=O) groups is 1. The largest absolute Gasteiger partial charge is 0.367 e. The minimum Gasteiger partial charge on any atom is -0.367 e. The van der Waals surface area contributed by atoms with Crippen molar-refractivity contribution in [2.75, 3.05) is 10.6 Å². The lowest BCUT2D eigenvalue weighted by Crippen LogP contribution is -2.19. The van der Waals surface area contributed by atoms with Crippen molar-refractivity contribution in [2.24, 2.45) is 0 Å². The number of aromatic nitrogens is 2. The normalized spacial score (nSPS) is 14.7. The molecule has 2 aromatic rings. The molecule has 0 aliphatic heterocycles. The standard InChI is InChI=1S/C18H22N4O/c1-12-7-9-15(10-8-12)22-18(23)16-11-17(20-13(2)19-16)21-14-5-3-4-6-14/h7-11,14H,3-6H2,1-2H3,(H,22,23)(H,19,20,21). The zero-order valence-corrected chi connectivity index (χ0v) is 13.6. The van der Waals surface area contributed by atoms with Gasteiger partial charge in [0.15, 0.2) is 0 Å². The van der Waals surface area contributed by atoms with Crippen molar-refractivity contribution in [3.8, 4) is 0 Å². The average molecular weight is 310 g/mol. The van der Waals surface area contributed by atoms with E-state index >= 15 is 0 Å². The number of hydrogen-bond acceptors (Lipinski definition) is 4. The molecule has 1 saturated carbocycles. The fourth-order valence-corrected chi connectivity index (χ4v) is 2.87. The molecule has 1 aliphatic rings. The van der Waals surface area contributed by atoms with Crippen molar-refractivity contribution in [1.82, 2.24) is 9.97 Å². The second kappa shape index (κ2) is 6.77. The fraction of sp³-hybridized carbons (Fsp3) is 0.389. The number of benzene rings is 1. The zero-order valence-electron chi connectivity index (χ0n) is 13.6. The van der Waals surface area contributed by atoms with Crippen LogP contribution in [0, 0.1) is 13.8 Å².